The van der Waals surface area contributed by atoms with E-state index in [9.17, 15) is 5.11 Å². The second-order valence-corrected chi connectivity index (χ2v) is 5.57. The molecule has 0 radical (unpaired) electrons. The van der Waals surface area contributed by atoms with Crippen LogP contribution in [0.2, 0.25) is 0 Å². The smallest absolute Gasteiger partial charge is 0.191 e. The molecule has 3 N–H and O–H groups in total. The third kappa shape index (κ3) is 4.34. The SMILES string of the molecule is CN=C(NCC(C)(O)c1cnn(C)c1)NC1CC1C.I. The maximum atomic E-state index is 10.4. The molecule has 3 atom stereocenters. The fraction of sp³-hybridized carbons (Fsp3) is 0.692. The minimum atomic E-state index is -0.971. The lowest BCUT2D eigenvalue weighted by Gasteiger charge is -2.23. The molecule has 20 heavy (non-hydrogen) atoms. The highest BCUT2D eigenvalue weighted by Gasteiger charge is 2.33. The van der Waals surface area contributed by atoms with Gasteiger partial charge in [0.15, 0.2) is 5.96 Å². The number of nitrogens with one attached hydrogen (secondary N) is 2. The Balaban J connectivity index is 0.00000200. The van der Waals surface area contributed by atoms with Crippen molar-refractivity contribution in [2.45, 2.75) is 31.9 Å². The number of hydrogen-bond acceptors (Lipinski definition) is 3. The van der Waals surface area contributed by atoms with Crippen LogP contribution in [0.1, 0.15) is 25.8 Å². The van der Waals surface area contributed by atoms with Crippen LogP contribution in [0.5, 0.6) is 0 Å². The van der Waals surface area contributed by atoms with Crippen molar-refractivity contribution in [2.24, 2.45) is 18.0 Å². The first-order chi connectivity index (χ1) is 8.92. The van der Waals surface area contributed by atoms with E-state index < -0.39 is 5.60 Å². The lowest BCUT2D eigenvalue weighted by Crippen LogP contribution is -2.45. The molecule has 0 amide bonds. The molecule has 7 heteroatoms. The molecule has 0 spiro atoms. The summed E-state index contributed by atoms with van der Waals surface area (Å²) in [7, 11) is 3.57. The van der Waals surface area contributed by atoms with E-state index in [1.54, 1.807) is 24.9 Å². The highest BCUT2D eigenvalue weighted by atomic mass is 127. The van der Waals surface area contributed by atoms with Crippen molar-refractivity contribution in [1.82, 2.24) is 20.4 Å². The lowest BCUT2D eigenvalue weighted by atomic mass is 10.00. The zero-order valence-corrected chi connectivity index (χ0v) is 14.8. The maximum Gasteiger partial charge on any atom is 0.191 e. The normalized spacial score (nSPS) is 24.6. The second-order valence-electron chi connectivity index (χ2n) is 5.57. The fourth-order valence-corrected chi connectivity index (χ4v) is 1.95. The Morgan fingerprint density at radius 2 is 2.30 bits per heavy atom. The average molecular weight is 393 g/mol. The van der Waals surface area contributed by atoms with E-state index in [-0.39, 0.29) is 24.0 Å². The van der Waals surface area contributed by atoms with Gasteiger partial charge in [-0.15, -0.1) is 24.0 Å². The van der Waals surface area contributed by atoms with Gasteiger partial charge in [0.05, 0.1) is 12.7 Å². The van der Waals surface area contributed by atoms with Crippen molar-refractivity contribution in [1.29, 1.82) is 0 Å². The van der Waals surface area contributed by atoms with E-state index in [0.717, 1.165) is 11.5 Å². The highest BCUT2D eigenvalue weighted by molar-refractivity contribution is 14.0. The molecule has 1 aromatic rings. The molecule has 1 saturated carbocycles. The number of aromatic nitrogens is 2. The van der Waals surface area contributed by atoms with Crippen molar-refractivity contribution < 1.29 is 5.11 Å². The largest absolute Gasteiger partial charge is 0.383 e. The van der Waals surface area contributed by atoms with Gasteiger partial charge in [-0.3, -0.25) is 9.67 Å². The van der Waals surface area contributed by atoms with Gasteiger partial charge in [-0.1, -0.05) is 6.92 Å². The molecule has 2 rings (SSSR count). The summed E-state index contributed by atoms with van der Waals surface area (Å²) < 4.78 is 1.68. The highest BCUT2D eigenvalue weighted by Crippen LogP contribution is 2.28. The van der Waals surface area contributed by atoms with Crippen LogP contribution in [0.15, 0.2) is 17.4 Å². The van der Waals surface area contributed by atoms with Crippen molar-refractivity contribution in [3.8, 4) is 0 Å². The van der Waals surface area contributed by atoms with Gasteiger partial charge in [0, 0.05) is 31.9 Å². The molecular weight excluding hydrogens is 369 g/mol. The summed E-state index contributed by atoms with van der Waals surface area (Å²) in [4.78, 5) is 4.17. The third-order valence-electron chi connectivity index (χ3n) is 3.58. The van der Waals surface area contributed by atoms with Gasteiger partial charge in [-0.25, -0.2) is 0 Å². The van der Waals surface area contributed by atoms with Gasteiger partial charge in [-0.05, 0) is 19.3 Å². The van der Waals surface area contributed by atoms with Crippen molar-refractivity contribution in [3.05, 3.63) is 18.0 Å². The first-order valence-electron chi connectivity index (χ1n) is 6.61. The van der Waals surface area contributed by atoms with Crippen LogP contribution in [0, 0.1) is 5.92 Å². The van der Waals surface area contributed by atoms with Gasteiger partial charge >= 0.3 is 0 Å². The number of aliphatic imine (C=N–C) groups is 1. The van der Waals surface area contributed by atoms with Gasteiger partial charge in [-0.2, -0.15) is 5.10 Å². The first-order valence-corrected chi connectivity index (χ1v) is 6.61. The molecule has 0 saturated heterocycles. The second kappa shape index (κ2) is 6.75. The predicted octanol–water partition coefficient (Wildman–Crippen LogP) is 0.819. The van der Waals surface area contributed by atoms with Crippen LogP contribution >= 0.6 is 24.0 Å². The fourth-order valence-electron chi connectivity index (χ4n) is 1.95. The van der Waals surface area contributed by atoms with Crippen LogP contribution in [0.3, 0.4) is 0 Å². The number of hydrogen-bond donors (Lipinski definition) is 3. The number of guanidine groups is 1. The molecule has 1 aliphatic carbocycles. The summed E-state index contributed by atoms with van der Waals surface area (Å²) in [5.74, 6) is 1.44. The van der Waals surface area contributed by atoms with E-state index in [1.807, 2.05) is 13.2 Å². The summed E-state index contributed by atoms with van der Waals surface area (Å²) in [5.41, 5.74) is -0.182. The topological polar surface area (TPSA) is 74.5 Å². The lowest BCUT2D eigenvalue weighted by molar-refractivity contribution is 0.0616. The monoisotopic (exact) mass is 393 g/mol. The molecule has 1 aliphatic rings. The first kappa shape index (κ1) is 17.2. The molecule has 0 bridgehead atoms. The Morgan fingerprint density at radius 3 is 2.75 bits per heavy atom. The van der Waals surface area contributed by atoms with Gasteiger partial charge in [0.2, 0.25) is 0 Å². The van der Waals surface area contributed by atoms with Gasteiger partial charge in [0.25, 0.3) is 0 Å². The number of rotatable bonds is 4. The third-order valence-corrected chi connectivity index (χ3v) is 3.58. The van der Waals surface area contributed by atoms with Crippen LogP contribution < -0.4 is 10.6 Å². The Morgan fingerprint density at radius 1 is 1.65 bits per heavy atom. The quantitative estimate of drug-likeness (QED) is 0.402. The van der Waals surface area contributed by atoms with Crippen molar-refractivity contribution in [2.75, 3.05) is 13.6 Å². The van der Waals surface area contributed by atoms with E-state index in [2.05, 4.69) is 27.6 Å². The molecule has 0 aliphatic heterocycles. The molecule has 3 unspecified atom stereocenters. The molecule has 1 aromatic heterocycles. The Bertz CT molecular complexity index is 471. The zero-order chi connectivity index (χ0) is 14.0. The van der Waals surface area contributed by atoms with Crippen molar-refractivity contribution in [3.63, 3.8) is 0 Å². The summed E-state index contributed by atoms with van der Waals surface area (Å²) >= 11 is 0. The minimum absolute atomic E-state index is 0. The van der Waals surface area contributed by atoms with Gasteiger partial charge < -0.3 is 15.7 Å². The predicted molar refractivity (Wildman–Crippen MR) is 90.3 cm³/mol. The Kier molecular flexibility index (Phi) is 5.81. The number of aryl methyl sites for hydroxylation is 1. The summed E-state index contributed by atoms with van der Waals surface area (Å²) in [5, 5.41) is 21.0. The summed E-state index contributed by atoms with van der Waals surface area (Å²) in [6.45, 7) is 4.36. The number of halogens is 1. The van der Waals surface area contributed by atoms with Crippen LogP contribution in [0.4, 0.5) is 0 Å². The molecule has 6 nitrogen and oxygen atoms in total. The molecule has 114 valence electrons. The summed E-state index contributed by atoms with van der Waals surface area (Å²) in [6, 6.07) is 0.509. The Hall–Kier alpha value is -0.830. The van der Waals surface area contributed by atoms with E-state index >= 15 is 0 Å². The van der Waals surface area contributed by atoms with Crippen molar-refractivity contribution >= 4 is 29.9 Å². The number of aliphatic hydroxyl groups is 1. The maximum absolute atomic E-state index is 10.4. The van der Waals surface area contributed by atoms with E-state index in [0.29, 0.717) is 18.5 Å². The van der Waals surface area contributed by atoms with Gasteiger partial charge in [0.1, 0.15) is 5.60 Å². The van der Waals surface area contributed by atoms with E-state index in [1.165, 1.54) is 6.42 Å². The zero-order valence-electron chi connectivity index (χ0n) is 12.4. The number of nitrogens with zero attached hydrogens (tertiary/aromatic N) is 3. The molecule has 1 heterocycles. The molecule has 1 fully saturated rings. The molecule has 0 aromatic carbocycles. The molecular formula is C13H24IN5O. The Labute approximate surface area is 137 Å². The van der Waals surface area contributed by atoms with Crippen LogP contribution in [-0.4, -0.2) is 40.5 Å². The minimum Gasteiger partial charge on any atom is -0.383 e. The van der Waals surface area contributed by atoms with Crippen LogP contribution in [-0.2, 0) is 12.6 Å². The summed E-state index contributed by atoms with van der Waals surface area (Å²) in [6.07, 6.45) is 4.68. The van der Waals surface area contributed by atoms with E-state index in [4.69, 9.17) is 0 Å². The average Bonchev–Trinajstić information content (AvgIpc) is 2.85. The standard InChI is InChI=1S/C13H23N5O.HI/c1-9-5-11(9)17-12(14-3)15-8-13(2,19)10-6-16-18(4)7-10;/h6-7,9,11,19H,5,8H2,1-4H3,(H2,14,15,17);1H. The van der Waals surface area contributed by atoms with Crippen LogP contribution in [0.25, 0.3) is 0 Å².